The van der Waals surface area contributed by atoms with E-state index in [0.29, 0.717) is 22.6 Å². The molecule has 39 heavy (non-hydrogen) atoms. The van der Waals surface area contributed by atoms with E-state index in [-0.39, 0.29) is 33.4 Å². The van der Waals surface area contributed by atoms with Crippen molar-refractivity contribution in [2.24, 2.45) is 0 Å². The third kappa shape index (κ3) is 5.00. The molecule has 3 aromatic rings. The van der Waals surface area contributed by atoms with Crippen LogP contribution in [0.2, 0.25) is 0 Å². The van der Waals surface area contributed by atoms with Crippen molar-refractivity contribution in [2.75, 3.05) is 25.7 Å². The lowest BCUT2D eigenvalue weighted by Gasteiger charge is -2.23. The number of carbonyl (C=O) groups is 3. The highest BCUT2D eigenvalue weighted by atomic mass is 32.1. The average Bonchev–Trinajstić information content (AvgIpc) is 3.44. The Hall–Kier alpha value is -4.51. The number of hydrogen-bond donors (Lipinski definition) is 1. The first-order valence-corrected chi connectivity index (χ1v) is 12.5. The summed E-state index contributed by atoms with van der Waals surface area (Å²) in [6.07, 6.45) is 1.42. The van der Waals surface area contributed by atoms with Crippen molar-refractivity contribution in [3.63, 3.8) is 0 Å². The fourth-order valence-corrected chi connectivity index (χ4v) is 5.13. The van der Waals surface area contributed by atoms with Crippen molar-refractivity contribution >= 4 is 39.9 Å². The van der Waals surface area contributed by atoms with Crippen LogP contribution in [-0.4, -0.2) is 48.6 Å². The van der Waals surface area contributed by atoms with Crippen LogP contribution in [0, 0.1) is 19.7 Å². The number of hydrogen-bond acceptors (Lipinski definition) is 9. The predicted molar refractivity (Wildman–Crippen MR) is 143 cm³/mol. The van der Waals surface area contributed by atoms with Crippen LogP contribution in [0.25, 0.3) is 5.76 Å². The lowest BCUT2D eigenvalue weighted by molar-refractivity contribution is -0.132. The summed E-state index contributed by atoms with van der Waals surface area (Å²) in [6, 6.07) is 7.57. The number of aliphatic hydroxyl groups excluding tert-OH is 1. The maximum atomic E-state index is 14.4. The number of aromatic nitrogens is 1. The van der Waals surface area contributed by atoms with Crippen LogP contribution >= 0.6 is 11.3 Å². The van der Waals surface area contributed by atoms with Gasteiger partial charge < -0.3 is 19.3 Å². The molecule has 0 bridgehead atoms. The van der Waals surface area contributed by atoms with E-state index < -0.39 is 35.3 Å². The second-order valence-corrected chi connectivity index (χ2v) is 9.52. The molecule has 1 amide bonds. The van der Waals surface area contributed by atoms with Gasteiger partial charge in [-0.3, -0.25) is 14.5 Å². The maximum absolute atomic E-state index is 14.4. The number of rotatable bonds is 8. The number of carbonyl (C=O) groups excluding carboxylic acids is 3. The Morgan fingerprint density at radius 3 is 2.51 bits per heavy atom. The number of ketones is 1. The van der Waals surface area contributed by atoms with Gasteiger partial charge in [0.1, 0.15) is 23.1 Å². The molecule has 4 rings (SSSR count). The van der Waals surface area contributed by atoms with Crippen molar-refractivity contribution in [3.8, 4) is 11.5 Å². The predicted octanol–water partition coefficient (Wildman–Crippen LogP) is 4.89. The molecular weight excluding hydrogens is 527 g/mol. The maximum Gasteiger partial charge on any atom is 0.350 e. The monoisotopic (exact) mass is 552 g/mol. The van der Waals surface area contributed by atoms with Gasteiger partial charge in [0.15, 0.2) is 16.6 Å². The first-order valence-electron chi connectivity index (χ1n) is 11.7. The molecule has 1 aliphatic heterocycles. The molecule has 2 aromatic carbocycles. The minimum Gasteiger partial charge on any atom is -0.507 e. The van der Waals surface area contributed by atoms with Crippen LogP contribution in [0.5, 0.6) is 11.5 Å². The van der Waals surface area contributed by atoms with Gasteiger partial charge >= 0.3 is 11.9 Å². The Morgan fingerprint density at radius 2 is 1.87 bits per heavy atom. The highest BCUT2D eigenvalue weighted by Gasteiger charge is 2.48. The van der Waals surface area contributed by atoms with Gasteiger partial charge in [-0.2, -0.15) is 0 Å². The molecule has 9 nitrogen and oxygen atoms in total. The third-order valence-electron chi connectivity index (χ3n) is 6.12. The number of esters is 1. The van der Waals surface area contributed by atoms with E-state index in [4.69, 9.17) is 14.2 Å². The molecule has 1 fully saturated rings. The summed E-state index contributed by atoms with van der Waals surface area (Å²) < 4.78 is 30.2. The van der Waals surface area contributed by atoms with E-state index in [0.717, 1.165) is 22.3 Å². The molecule has 1 atom stereocenters. The Kier molecular flexibility index (Phi) is 7.82. The fourth-order valence-electron chi connectivity index (χ4n) is 4.14. The lowest BCUT2D eigenvalue weighted by Crippen LogP contribution is -2.29. The topological polar surface area (TPSA) is 115 Å². The van der Waals surface area contributed by atoms with Crippen LogP contribution in [-0.2, 0) is 14.3 Å². The number of ether oxygens (including phenoxy) is 3. The number of methoxy groups -OCH3 is 2. The Labute approximate surface area is 227 Å². The summed E-state index contributed by atoms with van der Waals surface area (Å²) in [7, 11) is 2.89. The minimum absolute atomic E-state index is 0.0191. The second-order valence-electron chi connectivity index (χ2n) is 8.55. The average molecular weight is 553 g/mol. The van der Waals surface area contributed by atoms with Gasteiger partial charge in [0.2, 0.25) is 0 Å². The van der Waals surface area contributed by atoms with E-state index >= 15 is 0 Å². The molecule has 2 heterocycles. The number of halogens is 1. The summed E-state index contributed by atoms with van der Waals surface area (Å²) in [5.41, 5.74) is 0.754. The highest BCUT2D eigenvalue weighted by molar-refractivity contribution is 7.17. The van der Waals surface area contributed by atoms with Gasteiger partial charge in [-0.15, -0.1) is 0 Å². The molecule has 1 aromatic heterocycles. The van der Waals surface area contributed by atoms with E-state index in [1.165, 1.54) is 32.4 Å². The van der Waals surface area contributed by atoms with Crippen LogP contribution in [0.1, 0.15) is 38.1 Å². The van der Waals surface area contributed by atoms with E-state index in [2.05, 4.69) is 11.6 Å². The minimum atomic E-state index is -1.18. The first kappa shape index (κ1) is 27.5. The van der Waals surface area contributed by atoms with E-state index in [1.54, 1.807) is 32.0 Å². The van der Waals surface area contributed by atoms with Crippen molar-refractivity contribution in [3.05, 3.63) is 87.7 Å². The molecule has 0 aliphatic carbocycles. The number of anilines is 1. The molecule has 1 N–H and O–H groups in total. The Bertz CT molecular complexity index is 1530. The van der Waals surface area contributed by atoms with Crippen LogP contribution in [0.15, 0.2) is 54.6 Å². The fraction of sp³-hybridized carbons (Fsp3) is 0.214. The number of amides is 1. The standard InChI is InChI=1S/C28H25FN2O7S/c1-6-11-38-27(35)25-15(3)30-28(39-25)31-22(16-9-10-19(36-4)20(13-16)37-5)21(24(33)26(31)34)23(32)17-8-7-14(2)18(29)12-17/h6-10,12-13,22,32H,1,11H2,2-5H3/t22-/m0/s1. The first-order chi connectivity index (χ1) is 18.6. The molecule has 0 spiro atoms. The molecule has 0 saturated carbocycles. The van der Waals surface area contributed by atoms with Gasteiger partial charge in [-0.1, -0.05) is 42.2 Å². The largest absolute Gasteiger partial charge is 0.507 e. The number of Topliss-reactive ketones (excluding diaryl/α,β-unsaturated/α-hetero) is 1. The number of nitrogens with zero attached hydrogens (tertiary/aromatic N) is 2. The van der Waals surface area contributed by atoms with Crippen molar-refractivity contribution < 1.29 is 38.1 Å². The number of aryl methyl sites for hydroxylation is 2. The molecule has 1 saturated heterocycles. The van der Waals surface area contributed by atoms with Gasteiger partial charge in [0.05, 0.1) is 31.5 Å². The molecule has 11 heteroatoms. The van der Waals surface area contributed by atoms with Crippen LogP contribution in [0.3, 0.4) is 0 Å². The van der Waals surface area contributed by atoms with Crippen molar-refractivity contribution in [2.45, 2.75) is 19.9 Å². The summed E-state index contributed by atoms with van der Waals surface area (Å²) in [5.74, 6) is -3.09. The quantitative estimate of drug-likeness (QED) is 0.138. The zero-order valence-corrected chi connectivity index (χ0v) is 22.4. The zero-order chi connectivity index (χ0) is 28.4. The van der Waals surface area contributed by atoms with Crippen LogP contribution < -0.4 is 14.4 Å². The second kappa shape index (κ2) is 11.1. The number of aliphatic hydroxyl groups is 1. The van der Waals surface area contributed by atoms with Gasteiger partial charge in [-0.05, 0) is 43.2 Å². The molecule has 0 radical (unpaired) electrons. The van der Waals surface area contributed by atoms with Gasteiger partial charge in [0, 0.05) is 5.56 Å². The zero-order valence-electron chi connectivity index (χ0n) is 21.6. The smallest absolute Gasteiger partial charge is 0.350 e. The highest BCUT2D eigenvalue weighted by Crippen LogP contribution is 2.45. The van der Waals surface area contributed by atoms with Crippen molar-refractivity contribution in [1.82, 2.24) is 4.98 Å². The van der Waals surface area contributed by atoms with Crippen molar-refractivity contribution in [1.29, 1.82) is 0 Å². The molecule has 202 valence electrons. The number of thiazole rings is 1. The summed E-state index contributed by atoms with van der Waals surface area (Å²) in [6.45, 7) is 6.63. The van der Waals surface area contributed by atoms with Crippen LogP contribution in [0.4, 0.5) is 9.52 Å². The number of benzene rings is 2. The molecule has 1 aliphatic rings. The van der Waals surface area contributed by atoms with Gasteiger partial charge in [0.25, 0.3) is 5.78 Å². The Morgan fingerprint density at radius 1 is 1.15 bits per heavy atom. The van der Waals surface area contributed by atoms with Gasteiger partial charge in [-0.25, -0.2) is 14.2 Å². The summed E-state index contributed by atoms with van der Waals surface area (Å²) in [4.78, 5) is 45.0. The Balaban J connectivity index is 1.94. The lowest BCUT2D eigenvalue weighted by atomic mass is 9.94. The SMILES string of the molecule is C=CCOC(=O)c1sc(N2C(=O)C(=O)C(=C(O)c3ccc(C)c(F)c3)[C@@H]2c2ccc(OC)c(OC)c2)nc1C. The normalized spacial score (nSPS) is 16.3. The molecular formula is C28H25FN2O7S. The summed E-state index contributed by atoms with van der Waals surface area (Å²) in [5, 5.41) is 11.3. The molecule has 0 unspecified atom stereocenters. The van der Waals surface area contributed by atoms with E-state index in [9.17, 15) is 23.9 Å². The van der Waals surface area contributed by atoms with E-state index in [1.807, 2.05) is 0 Å². The third-order valence-corrected chi connectivity index (χ3v) is 7.26. The summed E-state index contributed by atoms with van der Waals surface area (Å²) >= 11 is 0.864.